The minimum atomic E-state index is -0.412. The number of fused-ring (bicyclic) bond motifs is 1. The lowest BCUT2D eigenvalue weighted by Crippen LogP contribution is -2.67. The van der Waals surface area contributed by atoms with Crippen molar-refractivity contribution >= 4 is 11.6 Å². The molecule has 2 bridgehead atoms. The van der Waals surface area contributed by atoms with Crippen LogP contribution in [-0.2, 0) is 9.59 Å². The molecule has 0 aromatic heterocycles. The van der Waals surface area contributed by atoms with Gasteiger partial charge in [-0.3, -0.25) is 9.59 Å². The maximum atomic E-state index is 13.0. The molecule has 2 nitrogen and oxygen atoms in total. The van der Waals surface area contributed by atoms with E-state index in [-0.39, 0.29) is 17.3 Å². The zero-order valence-electron chi connectivity index (χ0n) is 10.2. The largest absolute Gasteiger partial charge is 0.298 e. The molecular formula is C16H14O2. The minimum Gasteiger partial charge on any atom is -0.298 e. The van der Waals surface area contributed by atoms with E-state index >= 15 is 0 Å². The van der Waals surface area contributed by atoms with Gasteiger partial charge in [0, 0.05) is 11.8 Å². The van der Waals surface area contributed by atoms with Crippen LogP contribution in [0.1, 0.15) is 13.3 Å². The van der Waals surface area contributed by atoms with E-state index in [0.29, 0.717) is 29.3 Å². The Morgan fingerprint density at radius 3 is 2.61 bits per heavy atom. The van der Waals surface area contributed by atoms with Crippen molar-refractivity contribution in [1.82, 2.24) is 0 Å². The average Bonchev–Trinajstić information content (AvgIpc) is 2.78. The van der Waals surface area contributed by atoms with Crippen molar-refractivity contribution in [3.8, 4) is 0 Å². The lowest BCUT2D eigenvalue weighted by atomic mass is 9.37. The monoisotopic (exact) mass is 238 g/mol. The van der Waals surface area contributed by atoms with Crippen molar-refractivity contribution in [1.29, 1.82) is 0 Å². The molecule has 0 unspecified atom stereocenters. The SMILES string of the molecule is C[C@@]12C[C@H]3[C@@H]4C(=O)[C@@]56C=CC=C[C@]5(C(=O)[C@@H]41)[C@@H]2[C@@H]36. The molecule has 90 valence electrons. The molecule has 0 amide bonds. The third kappa shape index (κ3) is 0.423. The van der Waals surface area contributed by atoms with Gasteiger partial charge < -0.3 is 0 Å². The maximum absolute atomic E-state index is 13.0. The summed E-state index contributed by atoms with van der Waals surface area (Å²) < 4.78 is 0. The Labute approximate surface area is 105 Å². The van der Waals surface area contributed by atoms with Crippen LogP contribution in [-0.4, -0.2) is 11.6 Å². The van der Waals surface area contributed by atoms with Gasteiger partial charge in [0.15, 0.2) is 0 Å². The zero-order chi connectivity index (χ0) is 12.1. The third-order valence-electron chi connectivity index (χ3n) is 7.67. The van der Waals surface area contributed by atoms with Crippen LogP contribution < -0.4 is 0 Å². The van der Waals surface area contributed by atoms with Crippen molar-refractivity contribution in [2.24, 2.45) is 45.8 Å². The van der Waals surface area contributed by atoms with E-state index in [2.05, 4.69) is 19.1 Å². The molecule has 6 rings (SSSR count). The van der Waals surface area contributed by atoms with Crippen LogP contribution in [0.5, 0.6) is 0 Å². The number of rotatable bonds is 0. The molecule has 0 heterocycles. The molecule has 6 aliphatic rings. The van der Waals surface area contributed by atoms with Gasteiger partial charge in [0.05, 0.1) is 10.8 Å². The normalized spacial score (nSPS) is 71.3. The molecule has 0 radical (unpaired) electrons. The first-order valence-corrected chi connectivity index (χ1v) is 7.06. The summed E-state index contributed by atoms with van der Waals surface area (Å²) in [5.74, 6) is 2.45. The molecule has 2 spiro atoms. The van der Waals surface area contributed by atoms with Crippen LogP contribution in [0, 0.1) is 45.8 Å². The molecule has 5 fully saturated rings. The Morgan fingerprint density at radius 1 is 1.11 bits per heavy atom. The number of hydrogen-bond acceptors (Lipinski definition) is 2. The maximum Gasteiger partial charge on any atom is 0.148 e. The quantitative estimate of drug-likeness (QED) is 0.644. The van der Waals surface area contributed by atoms with Gasteiger partial charge in [0.25, 0.3) is 0 Å². The van der Waals surface area contributed by atoms with E-state index < -0.39 is 10.8 Å². The summed E-state index contributed by atoms with van der Waals surface area (Å²) in [5, 5.41) is 0. The van der Waals surface area contributed by atoms with E-state index in [9.17, 15) is 9.59 Å². The lowest BCUT2D eigenvalue weighted by molar-refractivity contribution is -0.168. The number of Topliss-reactive ketones (excluding diaryl/α,β-unsaturated/α-hetero) is 2. The fourth-order valence-corrected chi connectivity index (χ4v) is 7.72. The van der Waals surface area contributed by atoms with Crippen LogP contribution in [0.25, 0.3) is 0 Å². The van der Waals surface area contributed by atoms with Gasteiger partial charge >= 0.3 is 0 Å². The number of ketones is 2. The Morgan fingerprint density at radius 2 is 1.83 bits per heavy atom. The summed E-state index contributed by atoms with van der Waals surface area (Å²) in [5.41, 5.74) is -0.670. The Hall–Kier alpha value is -1.18. The molecule has 0 aromatic carbocycles. The van der Waals surface area contributed by atoms with Crippen LogP contribution >= 0.6 is 0 Å². The topological polar surface area (TPSA) is 34.1 Å². The Bertz CT molecular complexity index is 643. The van der Waals surface area contributed by atoms with Gasteiger partial charge in [0.1, 0.15) is 11.6 Å². The van der Waals surface area contributed by atoms with Crippen molar-refractivity contribution < 1.29 is 9.59 Å². The second-order valence-corrected chi connectivity index (χ2v) is 7.57. The molecule has 0 N–H and O–H groups in total. The first kappa shape index (κ1) is 8.84. The summed E-state index contributed by atoms with van der Waals surface area (Å²) in [6.07, 6.45) is 9.31. The van der Waals surface area contributed by atoms with Gasteiger partial charge in [-0.2, -0.15) is 0 Å². The highest BCUT2D eigenvalue weighted by Crippen LogP contribution is 2.94. The zero-order valence-corrected chi connectivity index (χ0v) is 10.2. The molecular weight excluding hydrogens is 224 g/mol. The van der Waals surface area contributed by atoms with Crippen LogP contribution in [0.3, 0.4) is 0 Å². The average molecular weight is 238 g/mol. The lowest BCUT2D eigenvalue weighted by Gasteiger charge is -2.62. The highest BCUT2D eigenvalue weighted by atomic mass is 16.2. The Balaban J connectivity index is 1.83. The summed E-state index contributed by atoms with van der Waals surface area (Å²) in [6, 6.07) is 0. The molecule has 6 aliphatic carbocycles. The number of carbonyl (C=O) groups is 2. The van der Waals surface area contributed by atoms with Crippen LogP contribution in [0.15, 0.2) is 24.3 Å². The standard InChI is InChI=1S/C16H14O2/c1-14-6-7-8-10(14)13(18)16-5-3-2-4-15(16,12(8)17)9(7)11(14)16/h2-5,7-11H,6H2,1H3/t7-,8-,9+,10+,11+,14+,15-,16+/m0/s1. The van der Waals surface area contributed by atoms with Crippen molar-refractivity contribution in [3.05, 3.63) is 24.3 Å². The Kier molecular flexibility index (Phi) is 0.931. The smallest absolute Gasteiger partial charge is 0.148 e. The summed E-state index contributed by atoms with van der Waals surface area (Å²) >= 11 is 0. The predicted molar refractivity (Wildman–Crippen MR) is 63.3 cm³/mol. The van der Waals surface area contributed by atoms with Gasteiger partial charge in [0.2, 0.25) is 0 Å². The van der Waals surface area contributed by atoms with Gasteiger partial charge in [-0.1, -0.05) is 31.2 Å². The predicted octanol–water partition coefficient (Wildman–Crippen LogP) is 1.77. The van der Waals surface area contributed by atoms with E-state index in [1.54, 1.807) is 0 Å². The fraction of sp³-hybridized carbons (Fsp3) is 0.625. The van der Waals surface area contributed by atoms with Gasteiger partial charge in [-0.05, 0) is 29.6 Å². The number of hydrogen-bond donors (Lipinski definition) is 0. The first-order valence-electron chi connectivity index (χ1n) is 7.06. The molecule has 5 saturated carbocycles. The fourth-order valence-electron chi connectivity index (χ4n) is 7.72. The first-order chi connectivity index (χ1) is 8.61. The van der Waals surface area contributed by atoms with Crippen LogP contribution in [0.2, 0.25) is 0 Å². The highest BCUT2D eigenvalue weighted by molar-refractivity contribution is 6.14. The highest BCUT2D eigenvalue weighted by Gasteiger charge is 2.97. The van der Waals surface area contributed by atoms with Crippen molar-refractivity contribution in [2.75, 3.05) is 0 Å². The number of carbonyl (C=O) groups excluding carboxylic acids is 2. The van der Waals surface area contributed by atoms with E-state index in [1.165, 1.54) is 0 Å². The summed E-state index contributed by atoms with van der Waals surface area (Å²) in [4.78, 5) is 25.9. The molecule has 0 aromatic rings. The number of allylic oxidation sites excluding steroid dienone is 4. The molecule has 2 heteroatoms. The van der Waals surface area contributed by atoms with Crippen molar-refractivity contribution in [2.45, 2.75) is 13.3 Å². The molecule has 0 aliphatic heterocycles. The molecule has 0 saturated heterocycles. The minimum absolute atomic E-state index is 0.0584. The molecule has 8 atom stereocenters. The summed E-state index contributed by atoms with van der Waals surface area (Å²) in [7, 11) is 0. The van der Waals surface area contributed by atoms with E-state index in [4.69, 9.17) is 0 Å². The second-order valence-electron chi connectivity index (χ2n) is 7.57. The second kappa shape index (κ2) is 1.90. The third-order valence-corrected chi connectivity index (χ3v) is 7.67. The van der Waals surface area contributed by atoms with Gasteiger partial charge in [-0.25, -0.2) is 0 Å². The van der Waals surface area contributed by atoms with Crippen molar-refractivity contribution in [3.63, 3.8) is 0 Å². The van der Waals surface area contributed by atoms with E-state index in [0.717, 1.165) is 6.42 Å². The van der Waals surface area contributed by atoms with E-state index in [1.807, 2.05) is 12.2 Å². The van der Waals surface area contributed by atoms with Crippen LogP contribution in [0.4, 0.5) is 0 Å². The summed E-state index contributed by atoms with van der Waals surface area (Å²) in [6.45, 7) is 2.29. The molecule has 18 heavy (non-hydrogen) atoms. The van der Waals surface area contributed by atoms with Gasteiger partial charge in [-0.15, -0.1) is 0 Å².